The lowest BCUT2D eigenvalue weighted by Crippen LogP contribution is -2.46. The van der Waals surface area contributed by atoms with Crippen molar-refractivity contribution in [3.8, 4) is 5.75 Å². The normalized spacial score (nSPS) is 15.7. The fourth-order valence-electron chi connectivity index (χ4n) is 2.84. The van der Waals surface area contributed by atoms with Crippen LogP contribution in [-0.4, -0.2) is 43.1 Å². The number of nitrogens with one attached hydrogen (secondary N) is 1. The van der Waals surface area contributed by atoms with Gasteiger partial charge in [0, 0.05) is 18.2 Å². The van der Waals surface area contributed by atoms with E-state index in [0.29, 0.717) is 12.6 Å². The van der Waals surface area contributed by atoms with Crippen molar-refractivity contribution >= 4 is 5.91 Å². The highest BCUT2D eigenvalue weighted by Gasteiger charge is 2.25. The fourth-order valence-corrected chi connectivity index (χ4v) is 2.84. The first-order chi connectivity index (χ1) is 10.3. The molecule has 1 amide bonds. The van der Waals surface area contributed by atoms with Gasteiger partial charge in [0.15, 0.2) is 0 Å². The maximum atomic E-state index is 12.8. The van der Waals surface area contributed by atoms with Crippen LogP contribution in [0.4, 0.5) is 0 Å². The Kier molecular flexibility index (Phi) is 6.05. The zero-order chi connectivity index (χ0) is 15.1. The number of carbonyl (C=O) groups excluding carboxylic acids is 1. The number of nitrogens with zero attached hydrogens (tertiary/aromatic N) is 1. The molecule has 1 aromatic carbocycles. The summed E-state index contributed by atoms with van der Waals surface area (Å²) in [6, 6.07) is 7.87. The van der Waals surface area contributed by atoms with E-state index in [0.717, 1.165) is 50.2 Å². The molecule has 1 aliphatic heterocycles. The van der Waals surface area contributed by atoms with Crippen LogP contribution in [0.25, 0.3) is 0 Å². The maximum absolute atomic E-state index is 12.8. The van der Waals surface area contributed by atoms with E-state index in [1.54, 1.807) is 0 Å². The topological polar surface area (TPSA) is 41.6 Å². The Hall–Kier alpha value is -1.55. The Bertz CT molecular complexity index is 439. The molecule has 0 spiro atoms. The van der Waals surface area contributed by atoms with Gasteiger partial charge in [0.2, 0.25) is 0 Å². The lowest BCUT2D eigenvalue weighted by Gasteiger charge is -2.34. The molecule has 0 saturated carbocycles. The van der Waals surface area contributed by atoms with E-state index in [1.807, 2.05) is 31.2 Å². The summed E-state index contributed by atoms with van der Waals surface area (Å²) in [6.45, 7) is 7.56. The predicted molar refractivity (Wildman–Crippen MR) is 84.8 cm³/mol. The Morgan fingerprint density at radius 1 is 1.24 bits per heavy atom. The third-order valence-corrected chi connectivity index (χ3v) is 3.89. The van der Waals surface area contributed by atoms with E-state index < -0.39 is 0 Å². The molecule has 4 heteroatoms. The summed E-state index contributed by atoms with van der Waals surface area (Å²) in [4.78, 5) is 14.8. The zero-order valence-corrected chi connectivity index (χ0v) is 13.1. The molecule has 1 saturated heterocycles. The van der Waals surface area contributed by atoms with Crippen LogP contribution in [0, 0.1) is 0 Å². The molecule has 1 N–H and O–H groups in total. The average molecular weight is 290 g/mol. The standard InChI is InChI=1S/C17H26N2O2/c1-3-13-19(15-9-11-18-12-10-15)17(20)14-5-7-16(8-6-14)21-4-2/h5-8,15,18H,3-4,9-13H2,1-2H3. The minimum Gasteiger partial charge on any atom is -0.494 e. The van der Waals surface area contributed by atoms with Gasteiger partial charge < -0.3 is 15.0 Å². The third-order valence-electron chi connectivity index (χ3n) is 3.89. The Morgan fingerprint density at radius 2 is 1.90 bits per heavy atom. The second kappa shape index (κ2) is 8.03. The van der Waals surface area contributed by atoms with Crippen molar-refractivity contribution < 1.29 is 9.53 Å². The second-order valence-corrected chi connectivity index (χ2v) is 5.44. The van der Waals surface area contributed by atoms with Crippen LogP contribution in [0.15, 0.2) is 24.3 Å². The first kappa shape index (κ1) is 15.8. The summed E-state index contributed by atoms with van der Waals surface area (Å²) < 4.78 is 5.43. The van der Waals surface area contributed by atoms with Crippen molar-refractivity contribution in [3.05, 3.63) is 29.8 Å². The Balaban J connectivity index is 2.09. The highest BCUT2D eigenvalue weighted by molar-refractivity contribution is 5.94. The Labute approximate surface area is 127 Å². The van der Waals surface area contributed by atoms with Gasteiger partial charge in [-0.05, 0) is 63.5 Å². The van der Waals surface area contributed by atoms with E-state index in [-0.39, 0.29) is 5.91 Å². The molecule has 0 unspecified atom stereocenters. The van der Waals surface area contributed by atoms with Crippen molar-refractivity contribution in [2.45, 2.75) is 39.2 Å². The molecule has 0 atom stereocenters. The Morgan fingerprint density at radius 3 is 2.48 bits per heavy atom. The summed E-state index contributed by atoms with van der Waals surface area (Å²) in [5.41, 5.74) is 0.755. The second-order valence-electron chi connectivity index (χ2n) is 5.44. The molecule has 1 heterocycles. The van der Waals surface area contributed by atoms with Crippen LogP contribution in [0.3, 0.4) is 0 Å². The fraction of sp³-hybridized carbons (Fsp3) is 0.588. The van der Waals surface area contributed by atoms with Crippen LogP contribution >= 0.6 is 0 Å². The smallest absolute Gasteiger partial charge is 0.254 e. The quantitative estimate of drug-likeness (QED) is 0.876. The van der Waals surface area contributed by atoms with Gasteiger partial charge in [-0.3, -0.25) is 4.79 Å². The average Bonchev–Trinajstić information content (AvgIpc) is 2.54. The van der Waals surface area contributed by atoms with Crippen molar-refractivity contribution in [2.24, 2.45) is 0 Å². The number of hydrogen-bond donors (Lipinski definition) is 1. The number of benzene rings is 1. The number of carbonyl (C=O) groups is 1. The molecule has 0 radical (unpaired) electrons. The molecule has 1 aliphatic rings. The molecule has 0 aromatic heterocycles. The van der Waals surface area contributed by atoms with E-state index in [1.165, 1.54) is 0 Å². The highest BCUT2D eigenvalue weighted by atomic mass is 16.5. The molecular weight excluding hydrogens is 264 g/mol. The van der Waals surface area contributed by atoms with Gasteiger partial charge in [0.1, 0.15) is 5.75 Å². The van der Waals surface area contributed by atoms with Gasteiger partial charge in [-0.25, -0.2) is 0 Å². The summed E-state index contributed by atoms with van der Waals surface area (Å²) in [5, 5.41) is 3.36. The molecule has 116 valence electrons. The molecule has 21 heavy (non-hydrogen) atoms. The van der Waals surface area contributed by atoms with Crippen molar-refractivity contribution in [2.75, 3.05) is 26.2 Å². The lowest BCUT2D eigenvalue weighted by molar-refractivity contribution is 0.0642. The largest absolute Gasteiger partial charge is 0.494 e. The van der Waals surface area contributed by atoms with Gasteiger partial charge in [0.25, 0.3) is 5.91 Å². The van der Waals surface area contributed by atoms with Crippen molar-refractivity contribution in [1.82, 2.24) is 10.2 Å². The van der Waals surface area contributed by atoms with Gasteiger partial charge in [-0.15, -0.1) is 0 Å². The van der Waals surface area contributed by atoms with Gasteiger partial charge in [-0.1, -0.05) is 6.92 Å². The number of ether oxygens (including phenoxy) is 1. The summed E-state index contributed by atoms with van der Waals surface area (Å²) in [7, 11) is 0. The van der Waals surface area contributed by atoms with Gasteiger partial charge in [0.05, 0.1) is 6.61 Å². The number of hydrogen-bond acceptors (Lipinski definition) is 3. The van der Waals surface area contributed by atoms with Crippen LogP contribution in [0.5, 0.6) is 5.75 Å². The molecule has 1 aromatic rings. The summed E-state index contributed by atoms with van der Waals surface area (Å²) >= 11 is 0. The highest BCUT2D eigenvalue weighted by Crippen LogP contribution is 2.18. The lowest BCUT2D eigenvalue weighted by atomic mass is 10.0. The minimum absolute atomic E-state index is 0.145. The predicted octanol–water partition coefficient (Wildman–Crippen LogP) is 2.69. The van der Waals surface area contributed by atoms with E-state index >= 15 is 0 Å². The number of piperidine rings is 1. The van der Waals surface area contributed by atoms with Crippen molar-refractivity contribution in [1.29, 1.82) is 0 Å². The minimum atomic E-state index is 0.145. The molecule has 1 fully saturated rings. The van der Waals surface area contributed by atoms with Crippen LogP contribution in [0.2, 0.25) is 0 Å². The molecule has 0 aliphatic carbocycles. The first-order valence-corrected chi connectivity index (χ1v) is 8.00. The monoisotopic (exact) mass is 290 g/mol. The summed E-state index contributed by atoms with van der Waals surface area (Å²) in [6.07, 6.45) is 3.08. The van der Waals surface area contributed by atoms with Gasteiger partial charge >= 0.3 is 0 Å². The van der Waals surface area contributed by atoms with Crippen LogP contribution in [0.1, 0.15) is 43.5 Å². The van der Waals surface area contributed by atoms with E-state index in [4.69, 9.17) is 4.74 Å². The van der Waals surface area contributed by atoms with E-state index in [9.17, 15) is 4.79 Å². The van der Waals surface area contributed by atoms with Crippen molar-refractivity contribution in [3.63, 3.8) is 0 Å². The molecule has 2 rings (SSSR count). The number of amides is 1. The third kappa shape index (κ3) is 4.21. The van der Waals surface area contributed by atoms with Gasteiger partial charge in [-0.2, -0.15) is 0 Å². The summed E-state index contributed by atoms with van der Waals surface area (Å²) in [5.74, 6) is 0.963. The molecular formula is C17H26N2O2. The molecule has 4 nitrogen and oxygen atoms in total. The SMILES string of the molecule is CCCN(C(=O)c1ccc(OCC)cc1)C1CCNCC1. The first-order valence-electron chi connectivity index (χ1n) is 8.00. The number of rotatable bonds is 6. The van der Waals surface area contributed by atoms with Crippen LogP contribution in [-0.2, 0) is 0 Å². The van der Waals surface area contributed by atoms with E-state index in [2.05, 4.69) is 17.1 Å². The zero-order valence-electron chi connectivity index (χ0n) is 13.1. The maximum Gasteiger partial charge on any atom is 0.254 e. The molecule has 0 bridgehead atoms. The van der Waals surface area contributed by atoms with Crippen LogP contribution < -0.4 is 10.1 Å².